The smallest absolute Gasteiger partial charge is 0.268 e. The first-order chi connectivity index (χ1) is 12.0. The van der Waals surface area contributed by atoms with Crippen molar-refractivity contribution >= 4 is 28.3 Å². The molecule has 0 saturated carbocycles. The molecule has 0 bridgehead atoms. The average molecular weight is 376 g/mol. The van der Waals surface area contributed by atoms with E-state index in [1.165, 1.54) is 24.5 Å². The number of nitrogens with one attached hydrogen (secondary N) is 1. The van der Waals surface area contributed by atoms with Gasteiger partial charge in [0.05, 0.1) is 11.9 Å². The lowest BCUT2D eigenvalue weighted by Gasteiger charge is -2.14. The maximum atomic E-state index is 11.1. The molecule has 3 N–H and O–H groups in total. The summed E-state index contributed by atoms with van der Waals surface area (Å²) in [5.41, 5.74) is 6.24. The predicted octanol–water partition coefficient (Wildman–Crippen LogP) is 1.69. The molecule has 3 heterocycles. The number of likely N-dealkylation sites (tertiary alicyclic amines) is 1. The summed E-state index contributed by atoms with van der Waals surface area (Å²) in [7, 11) is 0. The van der Waals surface area contributed by atoms with Crippen LogP contribution in [0.3, 0.4) is 0 Å². The van der Waals surface area contributed by atoms with Crippen molar-refractivity contribution in [1.82, 2.24) is 19.9 Å². The fraction of sp³-hybridized carbons (Fsp3) is 0.471. The third-order valence-corrected chi connectivity index (χ3v) is 4.94. The number of carbonyl (C=O) groups excluding carboxylic acids is 2. The fourth-order valence-corrected chi connectivity index (χ4v) is 3.82. The van der Waals surface area contributed by atoms with Crippen LogP contribution >= 0.6 is 11.3 Å². The van der Waals surface area contributed by atoms with Crippen LogP contribution in [0, 0.1) is 5.92 Å². The van der Waals surface area contributed by atoms with Crippen molar-refractivity contribution in [2.75, 3.05) is 18.4 Å². The topological polar surface area (TPSA) is 114 Å². The zero-order valence-electron chi connectivity index (χ0n) is 13.9. The van der Waals surface area contributed by atoms with Crippen LogP contribution in [-0.4, -0.2) is 44.8 Å². The number of amides is 2. The molecule has 8 nitrogen and oxygen atoms in total. The largest absolute Gasteiger partial charge is 0.364 e. The van der Waals surface area contributed by atoms with Gasteiger partial charge in [0, 0.05) is 37.3 Å². The van der Waals surface area contributed by atoms with E-state index in [1.54, 1.807) is 6.20 Å². The van der Waals surface area contributed by atoms with Gasteiger partial charge in [-0.15, -0.1) is 11.3 Å². The lowest BCUT2D eigenvalue weighted by molar-refractivity contribution is -0.114. The molecule has 0 aliphatic carbocycles. The number of nitrogens with zero attached hydrogens (tertiary/aromatic N) is 4. The molecule has 2 aromatic heterocycles. The van der Waals surface area contributed by atoms with Crippen LogP contribution in [0.2, 0.25) is 0 Å². The minimum absolute atomic E-state index is 0. The lowest BCUT2D eigenvalue weighted by Crippen LogP contribution is -2.20. The second kappa shape index (κ2) is 8.81. The van der Waals surface area contributed by atoms with E-state index in [0.29, 0.717) is 11.0 Å². The summed E-state index contributed by atoms with van der Waals surface area (Å²) in [6, 6.07) is 0. The van der Waals surface area contributed by atoms with Gasteiger partial charge in [-0.3, -0.25) is 19.5 Å². The summed E-state index contributed by atoms with van der Waals surface area (Å²) in [6.45, 7) is 4.31. The quantitative estimate of drug-likeness (QED) is 0.793. The number of carbonyl (C=O) groups is 2. The highest BCUT2D eigenvalue weighted by Crippen LogP contribution is 2.25. The first-order valence-electron chi connectivity index (χ1n) is 8.05. The third-order valence-electron chi connectivity index (χ3n) is 4.04. The molecule has 2 aromatic rings. The molecule has 9 heteroatoms. The van der Waals surface area contributed by atoms with Gasteiger partial charge in [-0.05, 0) is 25.3 Å². The van der Waals surface area contributed by atoms with E-state index in [-0.39, 0.29) is 19.0 Å². The molecule has 1 aliphatic rings. The number of aromatic nitrogens is 3. The average Bonchev–Trinajstić information content (AvgIpc) is 3.17. The molecule has 1 aliphatic heterocycles. The lowest BCUT2D eigenvalue weighted by atomic mass is 10.0. The van der Waals surface area contributed by atoms with Gasteiger partial charge in [0.2, 0.25) is 5.91 Å². The first-order valence-corrected chi connectivity index (χ1v) is 8.86. The van der Waals surface area contributed by atoms with Crippen LogP contribution < -0.4 is 11.1 Å². The molecule has 1 fully saturated rings. The van der Waals surface area contributed by atoms with Gasteiger partial charge in [-0.2, -0.15) is 0 Å². The standard InChI is InChI=1S/C16H20N6O2S.CH4/c1-10(23)21-16-20-6-13(25-16)9-22-3-2-11(8-22)4-12-5-19-14(7-18-12)15(17)24;/h5-7,11H,2-4,8-9H2,1H3,(H2,17,24)(H,20,21,23);1H4. The van der Waals surface area contributed by atoms with Gasteiger partial charge in [0.1, 0.15) is 5.69 Å². The van der Waals surface area contributed by atoms with Crippen molar-refractivity contribution in [3.63, 3.8) is 0 Å². The summed E-state index contributed by atoms with van der Waals surface area (Å²) in [6.07, 6.45) is 6.81. The summed E-state index contributed by atoms with van der Waals surface area (Å²) in [5.74, 6) is -0.156. The molecule has 1 unspecified atom stereocenters. The Morgan fingerprint density at radius 1 is 1.31 bits per heavy atom. The van der Waals surface area contributed by atoms with Crippen molar-refractivity contribution in [3.8, 4) is 0 Å². The van der Waals surface area contributed by atoms with Crippen molar-refractivity contribution < 1.29 is 9.59 Å². The summed E-state index contributed by atoms with van der Waals surface area (Å²) >= 11 is 1.51. The molecule has 1 saturated heterocycles. The monoisotopic (exact) mass is 376 g/mol. The molecule has 3 rings (SSSR count). The van der Waals surface area contributed by atoms with E-state index in [1.807, 2.05) is 6.20 Å². The summed E-state index contributed by atoms with van der Waals surface area (Å²) in [5, 5.41) is 3.35. The number of rotatable bonds is 6. The molecule has 0 radical (unpaired) electrons. The highest BCUT2D eigenvalue weighted by molar-refractivity contribution is 7.15. The Labute approximate surface area is 156 Å². The van der Waals surface area contributed by atoms with Crippen molar-refractivity contribution in [2.24, 2.45) is 11.7 Å². The summed E-state index contributed by atoms with van der Waals surface area (Å²) < 4.78 is 0. The Bertz CT molecular complexity index is 761. The minimum Gasteiger partial charge on any atom is -0.364 e. The van der Waals surface area contributed by atoms with Gasteiger partial charge in [-0.1, -0.05) is 7.43 Å². The Kier molecular flexibility index (Phi) is 6.76. The van der Waals surface area contributed by atoms with E-state index >= 15 is 0 Å². The highest BCUT2D eigenvalue weighted by Gasteiger charge is 2.24. The van der Waals surface area contributed by atoms with Crippen LogP contribution in [0.15, 0.2) is 18.6 Å². The number of hydrogen-bond donors (Lipinski definition) is 2. The number of hydrogen-bond acceptors (Lipinski definition) is 7. The van der Waals surface area contributed by atoms with Gasteiger partial charge >= 0.3 is 0 Å². The molecule has 140 valence electrons. The van der Waals surface area contributed by atoms with Crippen LogP contribution in [0.4, 0.5) is 5.13 Å². The first kappa shape index (κ1) is 19.9. The van der Waals surface area contributed by atoms with Gasteiger partial charge in [0.25, 0.3) is 5.91 Å². The number of nitrogens with two attached hydrogens (primary N) is 1. The molecular weight excluding hydrogens is 352 g/mol. The molecule has 0 aromatic carbocycles. The van der Waals surface area contributed by atoms with E-state index < -0.39 is 5.91 Å². The van der Waals surface area contributed by atoms with Crippen LogP contribution in [-0.2, 0) is 17.8 Å². The van der Waals surface area contributed by atoms with Crippen LogP contribution in [0.1, 0.15) is 41.8 Å². The van der Waals surface area contributed by atoms with E-state index in [4.69, 9.17) is 5.73 Å². The van der Waals surface area contributed by atoms with Crippen molar-refractivity contribution in [1.29, 1.82) is 0 Å². The molecule has 0 spiro atoms. The second-order valence-corrected chi connectivity index (χ2v) is 7.28. The van der Waals surface area contributed by atoms with E-state index in [0.717, 1.165) is 43.0 Å². The molecule has 26 heavy (non-hydrogen) atoms. The maximum Gasteiger partial charge on any atom is 0.268 e. The highest BCUT2D eigenvalue weighted by atomic mass is 32.1. The Hall–Kier alpha value is -2.39. The van der Waals surface area contributed by atoms with Gasteiger partial charge in [-0.25, -0.2) is 9.97 Å². The Balaban J connectivity index is 0.00000243. The Morgan fingerprint density at radius 3 is 2.77 bits per heavy atom. The minimum atomic E-state index is -0.561. The SMILES string of the molecule is C.CC(=O)Nc1ncc(CN2CCC(Cc3cnc(C(N)=O)cn3)C2)s1. The van der Waals surface area contributed by atoms with Gasteiger partial charge < -0.3 is 11.1 Å². The van der Waals surface area contributed by atoms with Crippen molar-refractivity contribution in [3.05, 3.63) is 34.9 Å². The summed E-state index contributed by atoms with van der Waals surface area (Å²) in [4.78, 5) is 38.1. The molecular formula is C17H24N6O2S. The molecule has 2 amide bonds. The van der Waals surface area contributed by atoms with E-state index in [9.17, 15) is 9.59 Å². The number of anilines is 1. The van der Waals surface area contributed by atoms with Gasteiger partial charge in [0.15, 0.2) is 5.13 Å². The number of thiazole rings is 1. The van der Waals surface area contributed by atoms with Crippen LogP contribution in [0.5, 0.6) is 0 Å². The fourth-order valence-electron chi connectivity index (χ4n) is 2.92. The zero-order chi connectivity index (χ0) is 17.8. The zero-order valence-corrected chi connectivity index (χ0v) is 14.8. The molecule has 1 atom stereocenters. The number of primary amides is 1. The van der Waals surface area contributed by atoms with Crippen LogP contribution in [0.25, 0.3) is 0 Å². The van der Waals surface area contributed by atoms with E-state index in [2.05, 4.69) is 25.2 Å². The predicted molar refractivity (Wildman–Crippen MR) is 101 cm³/mol. The normalized spacial score (nSPS) is 16.9. The third kappa shape index (κ3) is 5.30. The maximum absolute atomic E-state index is 11.1. The Morgan fingerprint density at radius 2 is 2.12 bits per heavy atom. The van der Waals surface area contributed by atoms with Crippen molar-refractivity contribution in [2.45, 2.75) is 33.7 Å². The second-order valence-electron chi connectivity index (χ2n) is 6.16.